The minimum atomic E-state index is -1.98. The summed E-state index contributed by atoms with van der Waals surface area (Å²) in [5.74, 6) is -0.880. The van der Waals surface area contributed by atoms with E-state index in [1.54, 1.807) is 6.92 Å². The van der Waals surface area contributed by atoms with E-state index in [2.05, 4.69) is 26.8 Å². The fourth-order valence-electron chi connectivity index (χ4n) is 15.2. The van der Waals surface area contributed by atoms with Gasteiger partial charge in [-0.05, 0) is 98.7 Å². The Morgan fingerprint density at radius 3 is 1.94 bits per heavy atom. The van der Waals surface area contributed by atoms with Crippen molar-refractivity contribution < 1.29 is 119 Å². The second-order valence-corrected chi connectivity index (χ2v) is 24.4. The van der Waals surface area contributed by atoms with E-state index < -0.39 is 161 Å². The third kappa shape index (κ3) is 11.2. The van der Waals surface area contributed by atoms with Gasteiger partial charge in [0.1, 0.15) is 98.2 Å². The molecule has 8 fully saturated rings. The van der Waals surface area contributed by atoms with Gasteiger partial charge < -0.3 is 114 Å². The van der Waals surface area contributed by atoms with Gasteiger partial charge in [-0.3, -0.25) is 4.79 Å². The van der Waals surface area contributed by atoms with E-state index in [1.807, 2.05) is 6.92 Å². The number of aliphatic hydroxyl groups excluding tert-OH is 12. The Hall–Kier alpha value is -1.67. The second kappa shape index (κ2) is 23.5. The molecular formula is C53H86O24. The summed E-state index contributed by atoms with van der Waals surface area (Å²) in [4.78, 5) is 11.8. The van der Waals surface area contributed by atoms with Gasteiger partial charge in [0.05, 0.1) is 38.1 Å². The summed E-state index contributed by atoms with van der Waals surface area (Å²) >= 11 is 0. The number of allylic oxidation sites excluding steroid dienone is 1. The van der Waals surface area contributed by atoms with E-state index in [4.69, 9.17) is 47.4 Å². The van der Waals surface area contributed by atoms with Gasteiger partial charge in [0.15, 0.2) is 30.9 Å². The first-order chi connectivity index (χ1) is 36.3. The van der Waals surface area contributed by atoms with E-state index in [-0.39, 0.29) is 41.3 Å². The summed E-state index contributed by atoms with van der Waals surface area (Å²) in [5, 5.41) is 140. The van der Waals surface area contributed by atoms with E-state index in [1.165, 1.54) is 5.57 Å². The lowest BCUT2D eigenvalue weighted by molar-refractivity contribution is -0.382. The SMILES string of the molecule is CC(=O)OCC1OC(OC2C(O)C(CO)OC(OC3CCC4(C)C(=CCC5C4CCC4(C)C5CC5OC(O)(CCC(C)COC6OC(C)C(O)C(O)C6O)C(C)C54)C3)C2O)C(O)C(OC2OC(CO)C(O)C(O)C2O)C1O. The summed E-state index contributed by atoms with van der Waals surface area (Å²) in [6, 6.07) is 0. The zero-order valence-corrected chi connectivity index (χ0v) is 44.7. The van der Waals surface area contributed by atoms with Crippen LogP contribution in [0.25, 0.3) is 0 Å². The summed E-state index contributed by atoms with van der Waals surface area (Å²) in [7, 11) is 0. The fourth-order valence-corrected chi connectivity index (χ4v) is 15.2. The van der Waals surface area contributed by atoms with Crippen molar-refractivity contribution in [2.24, 2.45) is 46.3 Å². The van der Waals surface area contributed by atoms with Crippen molar-refractivity contribution in [2.75, 3.05) is 26.4 Å². The van der Waals surface area contributed by atoms with Crippen LogP contribution in [0.2, 0.25) is 0 Å². The molecule has 13 N–H and O–H groups in total. The number of ether oxygens (including phenoxy) is 10. The number of fused-ring (bicyclic) bond motifs is 7. The van der Waals surface area contributed by atoms with Gasteiger partial charge in [0.25, 0.3) is 0 Å². The number of carbonyl (C=O) groups excluding carboxylic acids is 1. The van der Waals surface area contributed by atoms with Crippen LogP contribution in [0.4, 0.5) is 0 Å². The maximum atomic E-state index is 12.1. The monoisotopic (exact) mass is 1110 g/mol. The molecule has 442 valence electrons. The third-order valence-electron chi connectivity index (χ3n) is 19.8. The van der Waals surface area contributed by atoms with Crippen molar-refractivity contribution in [3.8, 4) is 0 Å². The van der Waals surface area contributed by atoms with Crippen LogP contribution in [0.5, 0.6) is 0 Å². The van der Waals surface area contributed by atoms with Crippen molar-refractivity contribution >= 4 is 5.97 Å². The van der Waals surface area contributed by atoms with E-state index in [0.29, 0.717) is 43.4 Å². The average molecular weight is 1110 g/mol. The number of hydrogen-bond acceptors (Lipinski definition) is 24. The van der Waals surface area contributed by atoms with E-state index in [9.17, 15) is 71.2 Å². The van der Waals surface area contributed by atoms with Crippen LogP contribution in [0.3, 0.4) is 0 Å². The molecule has 24 nitrogen and oxygen atoms in total. The Morgan fingerprint density at radius 1 is 0.701 bits per heavy atom. The smallest absolute Gasteiger partial charge is 0.302 e. The van der Waals surface area contributed by atoms with Crippen molar-refractivity contribution in [3.63, 3.8) is 0 Å². The standard InChI is InChI=1S/C53H86O24/c1-21(19-69-47-41(63)39(61)35(57)23(3)70-47)9-14-53(67)22(2)34-30(77-53)16-29-27-8-7-25-15-26(10-12-51(25,5)28(27)11-13-52(29,34)6)71-49-43(65)45(37(59)32(18-55)73-49)76-50-44(66)46(38(60)33(74-50)20-68-24(4)56)75-48-42(64)40(62)36(58)31(17-54)72-48/h7,21-23,26-50,54-55,57-67H,8-20H2,1-6H3. The van der Waals surface area contributed by atoms with Gasteiger partial charge in [-0.25, -0.2) is 0 Å². The molecule has 3 saturated carbocycles. The largest absolute Gasteiger partial charge is 0.463 e. The summed E-state index contributed by atoms with van der Waals surface area (Å²) in [6.45, 7) is 9.65. The topological polar surface area (TPSA) is 372 Å². The molecule has 0 spiro atoms. The number of aliphatic hydroxyl groups is 13. The Labute approximate surface area is 448 Å². The molecule has 9 aliphatic rings. The number of rotatable bonds is 16. The average Bonchev–Trinajstić information content (AvgIpc) is 4.03. The van der Waals surface area contributed by atoms with Gasteiger partial charge in [0.2, 0.25) is 0 Å². The number of carbonyl (C=O) groups is 1. The first-order valence-electron chi connectivity index (χ1n) is 27.8. The summed E-state index contributed by atoms with van der Waals surface area (Å²) in [6.07, 6.45) is -22.9. The number of esters is 1. The minimum Gasteiger partial charge on any atom is -0.463 e. The Kier molecular flexibility index (Phi) is 18.3. The molecule has 4 aliphatic carbocycles. The minimum absolute atomic E-state index is 0.0249. The highest BCUT2D eigenvalue weighted by Crippen LogP contribution is 2.70. The van der Waals surface area contributed by atoms with Crippen LogP contribution < -0.4 is 0 Å². The van der Waals surface area contributed by atoms with Crippen LogP contribution >= 0.6 is 0 Å². The molecule has 0 aromatic heterocycles. The van der Waals surface area contributed by atoms with Crippen LogP contribution in [0.1, 0.15) is 99.3 Å². The lowest BCUT2D eigenvalue weighted by atomic mass is 9.47. The molecule has 31 atom stereocenters. The molecule has 77 heavy (non-hydrogen) atoms. The molecule has 0 bridgehead atoms. The molecule has 0 aromatic rings. The van der Waals surface area contributed by atoms with Crippen LogP contribution in [0.15, 0.2) is 11.6 Å². The summed E-state index contributed by atoms with van der Waals surface area (Å²) in [5.41, 5.74) is 1.06. The molecule has 0 radical (unpaired) electrons. The Bertz CT molecular complexity index is 2040. The van der Waals surface area contributed by atoms with Crippen LogP contribution in [0, 0.1) is 46.3 Å². The first kappa shape index (κ1) is 59.9. The molecule has 5 aliphatic heterocycles. The van der Waals surface area contributed by atoms with Gasteiger partial charge in [-0.15, -0.1) is 0 Å². The van der Waals surface area contributed by atoms with Crippen molar-refractivity contribution in [1.29, 1.82) is 0 Å². The predicted molar refractivity (Wildman–Crippen MR) is 260 cm³/mol. The fraction of sp³-hybridized carbons (Fsp3) is 0.943. The quantitative estimate of drug-likeness (QED) is 0.0564. The number of hydrogen-bond donors (Lipinski definition) is 13. The van der Waals surface area contributed by atoms with E-state index in [0.717, 1.165) is 39.0 Å². The maximum absolute atomic E-state index is 12.1. The highest BCUT2D eigenvalue weighted by molar-refractivity contribution is 5.65. The maximum Gasteiger partial charge on any atom is 0.302 e. The van der Waals surface area contributed by atoms with Crippen LogP contribution in [-0.2, 0) is 52.2 Å². The Balaban J connectivity index is 0.821. The lowest BCUT2D eigenvalue weighted by Gasteiger charge is -2.58. The second-order valence-electron chi connectivity index (χ2n) is 24.4. The van der Waals surface area contributed by atoms with Crippen molar-refractivity contribution in [1.82, 2.24) is 0 Å². The normalized spacial score (nSPS) is 53.1. The zero-order chi connectivity index (χ0) is 55.8. The molecule has 24 heteroatoms. The van der Waals surface area contributed by atoms with Crippen molar-refractivity contribution in [3.05, 3.63) is 11.6 Å². The molecule has 5 heterocycles. The molecule has 0 amide bonds. The Morgan fingerprint density at radius 2 is 1.29 bits per heavy atom. The zero-order valence-electron chi connectivity index (χ0n) is 44.7. The van der Waals surface area contributed by atoms with Crippen LogP contribution in [-0.4, -0.2) is 240 Å². The molecule has 0 aromatic carbocycles. The van der Waals surface area contributed by atoms with Crippen molar-refractivity contribution in [2.45, 2.75) is 240 Å². The molecule has 5 saturated heterocycles. The third-order valence-corrected chi connectivity index (χ3v) is 19.8. The van der Waals surface area contributed by atoms with Gasteiger partial charge >= 0.3 is 5.97 Å². The van der Waals surface area contributed by atoms with Gasteiger partial charge in [0, 0.05) is 19.3 Å². The highest BCUT2D eigenvalue weighted by Gasteiger charge is 2.68. The predicted octanol–water partition coefficient (Wildman–Crippen LogP) is -2.44. The van der Waals surface area contributed by atoms with E-state index >= 15 is 0 Å². The molecule has 31 unspecified atom stereocenters. The molecule has 9 rings (SSSR count). The first-order valence-corrected chi connectivity index (χ1v) is 27.8. The lowest BCUT2D eigenvalue weighted by Crippen LogP contribution is -2.67. The van der Waals surface area contributed by atoms with Gasteiger partial charge in [-0.1, -0.05) is 39.3 Å². The van der Waals surface area contributed by atoms with Gasteiger partial charge in [-0.2, -0.15) is 0 Å². The highest BCUT2D eigenvalue weighted by atomic mass is 16.8. The molecular weight excluding hydrogens is 1020 g/mol. The summed E-state index contributed by atoms with van der Waals surface area (Å²) < 4.78 is 58.8.